The Labute approximate surface area is 273 Å². The van der Waals surface area contributed by atoms with Crippen molar-refractivity contribution in [1.82, 2.24) is 9.80 Å². The van der Waals surface area contributed by atoms with Crippen LogP contribution in [0.1, 0.15) is 66.3 Å². The van der Waals surface area contributed by atoms with E-state index < -0.39 is 6.04 Å². The summed E-state index contributed by atoms with van der Waals surface area (Å²) in [4.78, 5) is 31.2. The lowest BCUT2D eigenvalue weighted by Crippen LogP contribution is -2.47. The van der Waals surface area contributed by atoms with Crippen molar-refractivity contribution in [3.63, 3.8) is 0 Å². The van der Waals surface area contributed by atoms with E-state index in [1.165, 1.54) is 5.56 Å². The average molecular weight is 632 g/mol. The van der Waals surface area contributed by atoms with Crippen molar-refractivity contribution in [2.75, 3.05) is 45.8 Å². The normalized spacial score (nSPS) is 20.3. The third kappa shape index (κ3) is 9.79. The summed E-state index contributed by atoms with van der Waals surface area (Å²) in [5.41, 5.74) is 2.52. The molecular weight excluding hydrogens is 582 g/mol. The van der Waals surface area contributed by atoms with Crippen molar-refractivity contribution in [2.24, 2.45) is 5.92 Å². The number of hydrogen-bond acceptors (Lipinski definition) is 7. The maximum Gasteiger partial charge on any atom is 0.258 e. The number of anilines is 1. The molecule has 2 amide bonds. The molecule has 3 aromatic carbocycles. The van der Waals surface area contributed by atoms with Crippen molar-refractivity contribution in [1.29, 1.82) is 0 Å². The minimum atomic E-state index is -0.451. The van der Waals surface area contributed by atoms with Crippen LogP contribution in [0.15, 0.2) is 72.8 Å². The van der Waals surface area contributed by atoms with Crippen molar-refractivity contribution >= 4 is 17.5 Å². The Balaban J connectivity index is 1.59. The van der Waals surface area contributed by atoms with Gasteiger partial charge >= 0.3 is 0 Å². The first-order valence-electron chi connectivity index (χ1n) is 16.2. The molecule has 0 aliphatic carbocycles. The second-order valence-corrected chi connectivity index (χ2v) is 12.4. The van der Waals surface area contributed by atoms with Gasteiger partial charge in [0.25, 0.3) is 11.8 Å². The number of rotatable bonds is 9. The summed E-state index contributed by atoms with van der Waals surface area (Å²) in [7, 11) is 3.74. The molecule has 0 radical (unpaired) electrons. The molecule has 1 aliphatic rings. The van der Waals surface area contributed by atoms with E-state index in [0.717, 1.165) is 31.6 Å². The number of carbonyl (C=O) groups excluding carboxylic acids is 2. The van der Waals surface area contributed by atoms with Gasteiger partial charge in [-0.15, -0.1) is 0 Å². The fraction of sp³-hybridized carbons (Fsp3) is 0.459. The molecule has 0 unspecified atom stereocenters. The monoisotopic (exact) mass is 631 g/mol. The van der Waals surface area contributed by atoms with E-state index in [0.29, 0.717) is 42.3 Å². The molecule has 0 aromatic heterocycles. The number of aliphatic hydroxyl groups excluding tert-OH is 1. The van der Waals surface area contributed by atoms with Crippen LogP contribution in [-0.2, 0) is 11.3 Å². The van der Waals surface area contributed by atoms with Crippen LogP contribution >= 0.6 is 0 Å². The maximum absolute atomic E-state index is 14.4. The summed E-state index contributed by atoms with van der Waals surface area (Å²) in [5.74, 6) is 0.708. The highest BCUT2D eigenvalue weighted by molar-refractivity contribution is 6.05. The highest BCUT2D eigenvalue weighted by Crippen LogP contribution is 2.29. The van der Waals surface area contributed by atoms with Gasteiger partial charge in [0.2, 0.25) is 0 Å². The number of ether oxygens (including phenoxy) is 3. The molecule has 1 aliphatic heterocycles. The summed E-state index contributed by atoms with van der Waals surface area (Å²) in [6.45, 7) is 8.14. The van der Waals surface area contributed by atoms with E-state index in [2.05, 4.69) is 36.3 Å². The Hall–Kier alpha value is -3.92. The fourth-order valence-corrected chi connectivity index (χ4v) is 5.67. The Bertz CT molecular complexity index is 1400. The topological polar surface area (TPSA) is 101 Å². The van der Waals surface area contributed by atoms with Crippen LogP contribution in [0.25, 0.3) is 0 Å². The number of fused-ring (bicyclic) bond motifs is 1. The maximum atomic E-state index is 14.4. The van der Waals surface area contributed by atoms with Crippen LogP contribution in [0.3, 0.4) is 0 Å². The highest BCUT2D eigenvalue weighted by Gasteiger charge is 2.30. The first-order chi connectivity index (χ1) is 22.2. The van der Waals surface area contributed by atoms with Gasteiger partial charge < -0.3 is 29.5 Å². The third-order valence-corrected chi connectivity index (χ3v) is 8.45. The van der Waals surface area contributed by atoms with Crippen LogP contribution in [-0.4, -0.2) is 85.4 Å². The smallest absolute Gasteiger partial charge is 0.258 e. The number of nitrogens with zero attached hydrogens (tertiary/aromatic N) is 2. The SMILES string of the molecule is COc1ccc(CN(C)C[C@@H]2OCCCC[C@@H](C)Oc3ccc(NC(=O)c4ccccc4)cc3C(=O)N([C@H](C)CO)C[C@@H]2C)cc1. The van der Waals surface area contributed by atoms with E-state index in [1.807, 2.05) is 32.0 Å². The third-order valence-electron chi connectivity index (χ3n) is 8.45. The largest absolute Gasteiger partial charge is 0.497 e. The van der Waals surface area contributed by atoms with Crippen LogP contribution in [0.5, 0.6) is 11.5 Å². The predicted octanol–water partition coefficient (Wildman–Crippen LogP) is 5.88. The summed E-state index contributed by atoms with van der Waals surface area (Å²) < 4.78 is 18.1. The van der Waals surface area contributed by atoms with Crippen LogP contribution in [0, 0.1) is 5.92 Å². The van der Waals surface area contributed by atoms with Crippen LogP contribution in [0.4, 0.5) is 5.69 Å². The Morgan fingerprint density at radius 2 is 1.83 bits per heavy atom. The van der Waals surface area contributed by atoms with E-state index in [1.54, 1.807) is 54.5 Å². The zero-order chi connectivity index (χ0) is 33.1. The minimum absolute atomic E-state index is 0.0385. The molecule has 4 rings (SSSR count). The van der Waals surface area contributed by atoms with E-state index in [-0.39, 0.29) is 36.5 Å². The molecule has 2 N–H and O–H groups in total. The molecule has 9 nitrogen and oxygen atoms in total. The molecule has 0 bridgehead atoms. The number of carbonyl (C=O) groups is 2. The van der Waals surface area contributed by atoms with Crippen LogP contribution in [0.2, 0.25) is 0 Å². The van der Waals surface area contributed by atoms with Gasteiger partial charge in [-0.05, 0) is 88.2 Å². The minimum Gasteiger partial charge on any atom is -0.497 e. The van der Waals surface area contributed by atoms with Gasteiger partial charge in [-0.1, -0.05) is 37.3 Å². The van der Waals surface area contributed by atoms with Gasteiger partial charge in [-0.3, -0.25) is 14.5 Å². The Morgan fingerprint density at radius 3 is 2.52 bits per heavy atom. The first kappa shape index (κ1) is 34.9. The first-order valence-corrected chi connectivity index (χ1v) is 16.2. The van der Waals surface area contributed by atoms with Crippen LogP contribution < -0.4 is 14.8 Å². The second-order valence-electron chi connectivity index (χ2n) is 12.4. The number of nitrogens with one attached hydrogen (secondary N) is 1. The Kier molecular flexibility index (Phi) is 13.0. The van der Waals surface area contributed by atoms with Crippen molar-refractivity contribution in [3.8, 4) is 11.5 Å². The molecule has 248 valence electrons. The van der Waals surface area contributed by atoms with E-state index >= 15 is 0 Å². The second kappa shape index (κ2) is 17.1. The lowest BCUT2D eigenvalue weighted by molar-refractivity contribution is -0.0177. The predicted molar refractivity (Wildman–Crippen MR) is 181 cm³/mol. The van der Waals surface area contributed by atoms with Gasteiger partial charge in [-0.25, -0.2) is 0 Å². The average Bonchev–Trinajstić information content (AvgIpc) is 3.06. The number of benzene rings is 3. The zero-order valence-corrected chi connectivity index (χ0v) is 27.8. The molecule has 1 heterocycles. The number of likely N-dealkylation sites (N-methyl/N-ethyl adjacent to an activating group) is 1. The molecule has 0 spiro atoms. The fourth-order valence-electron chi connectivity index (χ4n) is 5.67. The summed E-state index contributed by atoms with van der Waals surface area (Å²) in [6.07, 6.45) is 2.35. The van der Waals surface area contributed by atoms with Crippen molar-refractivity contribution in [2.45, 2.75) is 64.8 Å². The molecule has 3 aromatic rings. The molecule has 9 heteroatoms. The number of methoxy groups -OCH3 is 1. The van der Waals surface area contributed by atoms with Crippen molar-refractivity contribution in [3.05, 3.63) is 89.5 Å². The van der Waals surface area contributed by atoms with Gasteiger partial charge in [0.1, 0.15) is 11.5 Å². The summed E-state index contributed by atoms with van der Waals surface area (Å²) >= 11 is 0. The number of amides is 2. The Morgan fingerprint density at radius 1 is 1.09 bits per heavy atom. The lowest BCUT2D eigenvalue weighted by Gasteiger charge is -2.36. The lowest BCUT2D eigenvalue weighted by atomic mass is 10.0. The standard InChI is InChI=1S/C37H49N3O6/c1-26-22-40(27(2)25-41)37(43)33-21-31(38-36(42)30-12-7-6-8-13-30)16-19-34(33)46-28(3)11-9-10-20-45-35(26)24-39(4)23-29-14-17-32(44-5)18-15-29/h6-8,12-19,21,26-28,35,41H,9-11,20,22-25H2,1-5H3,(H,38,42)/t26-,27+,28+,35-/m0/s1. The van der Waals surface area contributed by atoms with E-state index in [9.17, 15) is 14.7 Å². The van der Waals surface area contributed by atoms with Gasteiger partial charge in [0.15, 0.2) is 0 Å². The molecular formula is C37H49N3O6. The van der Waals surface area contributed by atoms with Crippen molar-refractivity contribution < 1.29 is 28.9 Å². The molecule has 0 fully saturated rings. The number of hydrogen-bond donors (Lipinski definition) is 2. The van der Waals surface area contributed by atoms with Gasteiger partial charge in [0, 0.05) is 43.4 Å². The molecule has 0 saturated heterocycles. The van der Waals surface area contributed by atoms with Gasteiger partial charge in [-0.2, -0.15) is 0 Å². The van der Waals surface area contributed by atoms with E-state index in [4.69, 9.17) is 14.2 Å². The molecule has 46 heavy (non-hydrogen) atoms. The molecule has 0 saturated carbocycles. The highest BCUT2D eigenvalue weighted by atomic mass is 16.5. The summed E-state index contributed by atoms with van der Waals surface area (Å²) in [5, 5.41) is 13.2. The van der Waals surface area contributed by atoms with Gasteiger partial charge in [0.05, 0.1) is 37.5 Å². The quantitative estimate of drug-likeness (QED) is 0.305. The zero-order valence-electron chi connectivity index (χ0n) is 27.8. The number of aliphatic hydroxyl groups is 1. The summed E-state index contributed by atoms with van der Waals surface area (Å²) in [6, 6.07) is 21.7. The molecule has 4 atom stereocenters.